The van der Waals surface area contributed by atoms with Gasteiger partial charge >= 0.3 is 0 Å². The second kappa shape index (κ2) is 6.33. The molecule has 7 nitrogen and oxygen atoms in total. The molecule has 1 fully saturated rings. The van der Waals surface area contributed by atoms with E-state index in [1.165, 1.54) is 0 Å². The quantitative estimate of drug-likeness (QED) is 0.779. The maximum Gasteiger partial charge on any atom is 0.253 e. The SMILES string of the molecule is CN(C(=O)c1ccc2[nH]ncc2c1)C1CCN(c2ncc(Cl)cn2)C1. The fourth-order valence-corrected chi connectivity index (χ4v) is 3.25. The molecule has 1 unspecified atom stereocenters. The number of aromatic amines is 1. The highest BCUT2D eigenvalue weighted by Crippen LogP contribution is 2.22. The van der Waals surface area contributed by atoms with Crippen LogP contribution in [0.25, 0.3) is 10.9 Å². The average Bonchev–Trinajstić information content (AvgIpc) is 3.29. The second-order valence-electron chi connectivity index (χ2n) is 6.18. The van der Waals surface area contributed by atoms with Crippen molar-refractivity contribution in [1.82, 2.24) is 25.1 Å². The molecule has 1 saturated heterocycles. The lowest BCUT2D eigenvalue weighted by Gasteiger charge is -2.25. The highest BCUT2D eigenvalue weighted by Gasteiger charge is 2.30. The lowest BCUT2D eigenvalue weighted by atomic mass is 10.1. The van der Waals surface area contributed by atoms with Crippen molar-refractivity contribution in [3.05, 3.63) is 47.4 Å². The molecule has 4 rings (SSSR count). The first-order valence-electron chi connectivity index (χ1n) is 8.04. The summed E-state index contributed by atoms with van der Waals surface area (Å²) in [7, 11) is 1.85. The molecule has 3 heterocycles. The molecule has 1 N–H and O–H groups in total. The van der Waals surface area contributed by atoms with E-state index in [0.29, 0.717) is 23.1 Å². The molecule has 128 valence electrons. The number of nitrogens with one attached hydrogen (secondary N) is 1. The number of carbonyl (C=O) groups is 1. The van der Waals surface area contributed by atoms with Gasteiger partial charge in [0.05, 0.1) is 35.2 Å². The normalized spacial score (nSPS) is 17.2. The number of rotatable bonds is 3. The maximum atomic E-state index is 12.8. The Morgan fingerprint density at radius 2 is 2.12 bits per heavy atom. The number of halogens is 1. The monoisotopic (exact) mass is 356 g/mol. The molecular weight excluding hydrogens is 340 g/mol. The molecule has 0 radical (unpaired) electrons. The third-order valence-electron chi connectivity index (χ3n) is 4.61. The van der Waals surface area contributed by atoms with Crippen molar-refractivity contribution in [2.24, 2.45) is 0 Å². The highest BCUT2D eigenvalue weighted by atomic mass is 35.5. The zero-order valence-corrected chi connectivity index (χ0v) is 14.4. The van der Waals surface area contributed by atoms with Crippen LogP contribution in [0.2, 0.25) is 5.02 Å². The summed E-state index contributed by atoms with van der Waals surface area (Å²) < 4.78 is 0. The standard InChI is InChI=1S/C17H17ClN6O/c1-23(16(25)11-2-3-15-12(6-11)7-21-22-15)14-4-5-24(10-14)17-19-8-13(18)9-20-17/h2-3,6-9,14H,4-5,10H2,1H3,(H,21,22). The number of fused-ring (bicyclic) bond motifs is 1. The van der Waals surface area contributed by atoms with Gasteiger partial charge in [-0.2, -0.15) is 5.10 Å². The predicted molar refractivity (Wildman–Crippen MR) is 95.8 cm³/mol. The van der Waals surface area contributed by atoms with Crippen LogP contribution in [0.1, 0.15) is 16.8 Å². The third kappa shape index (κ3) is 3.02. The molecule has 0 bridgehead atoms. The number of H-pyrrole nitrogens is 1. The van der Waals surface area contributed by atoms with Gasteiger partial charge in [-0.15, -0.1) is 0 Å². The van der Waals surface area contributed by atoms with Crippen molar-refractivity contribution in [1.29, 1.82) is 0 Å². The van der Waals surface area contributed by atoms with E-state index in [0.717, 1.165) is 23.9 Å². The third-order valence-corrected chi connectivity index (χ3v) is 4.80. The summed E-state index contributed by atoms with van der Waals surface area (Å²) in [6.45, 7) is 1.52. The number of amides is 1. The van der Waals surface area contributed by atoms with Crippen LogP contribution in [-0.2, 0) is 0 Å². The molecular formula is C17H17ClN6O. The molecule has 0 saturated carbocycles. The molecule has 0 spiro atoms. The van der Waals surface area contributed by atoms with Gasteiger partial charge in [-0.1, -0.05) is 11.6 Å². The number of aromatic nitrogens is 4. The Morgan fingerprint density at radius 1 is 1.32 bits per heavy atom. The van der Waals surface area contributed by atoms with Crippen LogP contribution in [-0.4, -0.2) is 57.2 Å². The minimum atomic E-state index is 0.00646. The van der Waals surface area contributed by atoms with E-state index in [-0.39, 0.29) is 11.9 Å². The number of carbonyl (C=O) groups excluding carboxylic acids is 1. The molecule has 8 heteroatoms. The highest BCUT2D eigenvalue weighted by molar-refractivity contribution is 6.30. The van der Waals surface area contributed by atoms with Gasteiger partial charge in [0, 0.05) is 31.1 Å². The molecule has 3 aromatic rings. The maximum absolute atomic E-state index is 12.8. The Hall–Kier alpha value is -2.67. The Morgan fingerprint density at radius 3 is 2.92 bits per heavy atom. The van der Waals surface area contributed by atoms with E-state index in [1.54, 1.807) is 23.5 Å². The smallest absolute Gasteiger partial charge is 0.253 e. The summed E-state index contributed by atoms with van der Waals surface area (Å²) in [6.07, 6.45) is 5.78. The largest absolute Gasteiger partial charge is 0.339 e. The van der Waals surface area contributed by atoms with Gasteiger partial charge in [-0.05, 0) is 24.6 Å². The lowest BCUT2D eigenvalue weighted by molar-refractivity contribution is 0.0745. The van der Waals surface area contributed by atoms with Gasteiger partial charge in [0.15, 0.2) is 0 Å². The van der Waals surface area contributed by atoms with E-state index >= 15 is 0 Å². The first-order valence-corrected chi connectivity index (χ1v) is 8.42. The van der Waals surface area contributed by atoms with Gasteiger partial charge in [0.1, 0.15) is 0 Å². The topological polar surface area (TPSA) is 78.0 Å². The van der Waals surface area contributed by atoms with Crippen LogP contribution in [0, 0.1) is 0 Å². The fourth-order valence-electron chi connectivity index (χ4n) is 3.15. The molecule has 1 atom stereocenters. The van der Waals surface area contributed by atoms with Crippen LogP contribution in [0.5, 0.6) is 0 Å². The molecule has 1 aliphatic rings. The average molecular weight is 357 g/mol. The van der Waals surface area contributed by atoms with Gasteiger partial charge in [0.25, 0.3) is 5.91 Å². The minimum absolute atomic E-state index is 0.00646. The first-order chi connectivity index (χ1) is 12.1. The summed E-state index contributed by atoms with van der Waals surface area (Å²) >= 11 is 5.84. The van der Waals surface area contributed by atoms with E-state index in [4.69, 9.17) is 11.6 Å². The van der Waals surface area contributed by atoms with E-state index in [2.05, 4.69) is 25.1 Å². The molecule has 2 aromatic heterocycles. The summed E-state index contributed by atoms with van der Waals surface area (Å²) in [5.74, 6) is 0.652. The number of anilines is 1. The molecule has 1 aromatic carbocycles. The molecule has 0 aliphatic carbocycles. The Balaban J connectivity index is 1.48. The van der Waals surface area contributed by atoms with Crippen molar-refractivity contribution >= 4 is 34.4 Å². The van der Waals surface area contributed by atoms with Gasteiger partial charge in [0.2, 0.25) is 5.95 Å². The van der Waals surface area contributed by atoms with E-state index in [1.807, 2.05) is 25.2 Å². The second-order valence-corrected chi connectivity index (χ2v) is 6.61. The number of benzene rings is 1. The zero-order chi connectivity index (χ0) is 17.4. The van der Waals surface area contributed by atoms with E-state index < -0.39 is 0 Å². The summed E-state index contributed by atoms with van der Waals surface area (Å²) in [6, 6.07) is 5.69. The number of hydrogen-bond acceptors (Lipinski definition) is 5. The molecule has 1 aliphatic heterocycles. The van der Waals surface area contributed by atoms with E-state index in [9.17, 15) is 4.79 Å². The predicted octanol–water partition coefficient (Wildman–Crippen LogP) is 2.36. The fraction of sp³-hybridized carbons (Fsp3) is 0.294. The van der Waals surface area contributed by atoms with Crippen LogP contribution in [0.15, 0.2) is 36.8 Å². The van der Waals surface area contributed by atoms with Crippen molar-refractivity contribution in [2.45, 2.75) is 12.5 Å². The Kier molecular flexibility index (Phi) is 4.01. The summed E-state index contributed by atoms with van der Waals surface area (Å²) in [5.41, 5.74) is 1.59. The van der Waals surface area contributed by atoms with Crippen LogP contribution < -0.4 is 4.90 Å². The van der Waals surface area contributed by atoms with Crippen LogP contribution >= 0.6 is 11.6 Å². The van der Waals surface area contributed by atoms with Crippen LogP contribution in [0.4, 0.5) is 5.95 Å². The van der Waals surface area contributed by atoms with Crippen molar-refractivity contribution in [2.75, 3.05) is 25.0 Å². The van der Waals surface area contributed by atoms with Crippen molar-refractivity contribution in [3.63, 3.8) is 0 Å². The van der Waals surface area contributed by atoms with Gasteiger partial charge in [-0.25, -0.2) is 9.97 Å². The summed E-state index contributed by atoms with van der Waals surface area (Å²) in [4.78, 5) is 25.2. The van der Waals surface area contributed by atoms with Crippen molar-refractivity contribution in [3.8, 4) is 0 Å². The van der Waals surface area contributed by atoms with Gasteiger partial charge in [-0.3, -0.25) is 9.89 Å². The molecule has 25 heavy (non-hydrogen) atoms. The number of hydrogen-bond donors (Lipinski definition) is 1. The Bertz CT molecular complexity index is 909. The number of nitrogens with zero attached hydrogens (tertiary/aromatic N) is 5. The van der Waals surface area contributed by atoms with Gasteiger partial charge < -0.3 is 9.80 Å². The minimum Gasteiger partial charge on any atom is -0.339 e. The summed E-state index contributed by atoms with van der Waals surface area (Å²) in [5, 5.41) is 8.33. The molecule has 1 amide bonds. The lowest BCUT2D eigenvalue weighted by Crippen LogP contribution is -2.39. The zero-order valence-electron chi connectivity index (χ0n) is 13.7. The van der Waals surface area contributed by atoms with Crippen molar-refractivity contribution < 1.29 is 4.79 Å². The Labute approximate surface area is 149 Å². The number of likely N-dealkylation sites (N-methyl/N-ethyl adjacent to an activating group) is 1. The first kappa shape index (κ1) is 15.8. The van der Waals surface area contributed by atoms with Crippen LogP contribution in [0.3, 0.4) is 0 Å².